The summed E-state index contributed by atoms with van der Waals surface area (Å²) in [6.45, 7) is 4.20. The molecule has 0 aromatic carbocycles. The van der Waals surface area contributed by atoms with Crippen LogP contribution >= 0.6 is 0 Å². The Labute approximate surface area is 86.3 Å². The minimum absolute atomic E-state index is 0.0644. The molecule has 82 valence electrons. The zero-order chi connectivity index (χ0) is 10.4. The number of rotatable bonds is 3. The molecule has 0 bridgehead atoms. The summed E-state index contributed by atoms with van der Waals surface area (Å²) >= 11 is -1.97. The van der Waals surface area contributed by atoms with Crippen LogP contribution in [0.5, 0.6) is 0 Å². The molecule has 0 aromatic rings. The molecule has 0 N–H and O–H groups in total. The van der Waals surface area contributed by atoms with E-state index in [0.717, 1.165) is 12.8 Å². The fourth-order valence-electron chi connectivity index (χ4n) is 1.86. The quantitative estimate of drug-likeness (QED) is 0.663. The molecule has 4 nitrogen and oxygen atoms in total. The second kappa shape index (κ2) is 3.27. The minimum Gasteiger partial charge on any atom is -0.772 e. The van der Waals surface area contributed by atoms with Crippen LogP contribution in [0, 0.1) is 0 Å². The second-order valence-electron chi connectivity index (χ2n) is 4.57. The van der Waals surface area contributed by atoms with E-state index in [0.29, 0.717) is 13.0 Å². The fraction of sp³-hybridized carbons (Fsp3) is 1.00. The predicted molar refractivity (Wildman–Crippen MR) is 50.4 cm³/mol. The number of hydrogen-bond donors (Lipinski definition) is 0. The normalized spacial score (nSPS) is 35.5. The molecule has 1 saturated carbocycles. The van der Waals surface area contributed by atoms with Crippen molar-refractivity contribution in [1.82, 2.24) is 0 Å². The van der Waals surface area contributed by atoms with Gasteiger partial charge < -0.3 is 14.0 Å². The van der Waals surface area contributed by atoms with Crippen molar-refractivity contribution in [2.45, 2.75) is 49.7 Å². The van der Waals surface area contributed by atoms with Crippen molar-refractivity contribution >= 4 is 11.1 Å². The van der Waals surface area contributed by atoms with Gasteiger partial charge in [0.15, 0.2) is 5.79 Å². The summed E-state index contributed by atoms with van der Waals surface area (Å²) < 4.78 is 32.3. The van der Waals surface area contributed by atoms with Crippen LogP contribution < -0.4 is 0 Å². The van der Waals surface area contributed by atoms with Gasteiger partial charge in [0.05, 0.1) is 12.7 Å². The molecule has 0 amide bonds. The third kappa shape index (κ3) is 2.00. The van der Waals surface area contributed by atoms with Gasteiger partial charge in [0.2, 0.25) is 0 Å². The zero-order valence-corrected chi connectivity index (χ0v) is 9.26. The Morgan fingerprint density at radius 3 is 2.50 bits per heavy atom. The van der Waals surface area contributed by atoms with Gasteiger partial charge in [-0.2, -0.15) is 0 Å². The largest absolute Gasteiger partial charge is 0.772 e. The topological polar surface area (TPSA) is 58.6 Å². The standard InChI is InChI=1S/C9H16O4S/c1-8(2)12-6-7(13-8)5-9(3-4-9)14(10)11/h7H,3-6H2,1-2H3,(H,10,11)/p-1/t7-/m0/s1. The summed E-state index contributed by atoms with van der Waals surface area (Å²) in [4.78, 5) is 0. The van der Waals surface area contributed by atoms with Crippen LogP contribution in [0.15, 0.2) is 0 Å². The average Bonchev–Trinajstić information content (AvgIpc) is 2.74. The van der Waals surface area contributed by atoms with Gasteiger partial charge in [-0.15, -0.1) is 0 Å². The van der Waals surface area contributed by atoms with Gasteiger partial charge in [-0.25, -0.2) is 0 Å². The maximum absolute atomic E-state index is 10.9. The predicted octanol–water partition coefficient (Wildman–Crippen LogP) is 0.940. The van der Waals surface area contributed by atoms with E-state index in [1.165, 1.54) is 0 Å². The first-order chi connectivity index (χ1) is 6.44. The Morgan fingerprint density at radius 1 is 1.50 bits per heavy atom. The summed E-state index contributed by atoms with van der Waals surface area (Å²) in [5.74, 6) is -0.550. The second-order valence-corrected chi connectivity index (χ2v) is 5.91. The monoisotopic (exact) mass is 219 g/mol. The first-order valence-electron chi connectivity index (χ1n) is 4.85. The summed E-state index contributed by atoms with van der Waals surface area (Å²) in [5.41, 5.74) is 0. The lowest BCUT2D eigenvalue weighted by atomic mass is 10.2. The maximum atomic E-state index is 10.9. The lowest BCUT2D eigenvalue weighted by Gasteiger charge is -2.22. The van der Waals surface area contributed by atoms with Crippen LogP contribution in [-0.2, 0) is 20.6 Å². The van der Waals surface area contributed by atoms with E-state index in [1.54, 1.807) is 0 Å². The van der Waals surface area contributed by atoms with Crippen LogP contribution in [0.3, 0.4) is 0 Å². The summed E-state index contributed by atoms with van der Waals surface area (Å²) in [5, 5.41) is 0. The third-order valence-corrected chi connectivity index (χ3v) is 4.11. The molecule has 2 fully saturated rings. The van der Waals surface area contributed by atoms with Crippen molar-refractivity contribution in [3.8, 4) is 0 Å². The molecule has 5 heteroatoms. The Morgan fingerprint density at radius 2 is 2.14 bits per heavy atom. The van der Waals surface area contributed by atoms with Gasteiger partial charge in [-0.1, -0.05) is 0 Å². The lowest BCUT2D eigenvalue weighted by molar-refractivity contribution is -0.139. The molecule has 0 radical (unpaired) electrons. The molecule has 2 aliphatic rings. The van der Waals surface area contributed by atoms with Crippen molar-refractivity contribution < 1.29 is 18.2 Å². The van der Waals surface area contributed by atoms with E-state index >= 15 is 0 Å². The molecular weight excluding hydrogens is 204 g/mol. The molecule has 0 spiro atoms. The lowest BCUT2D eigenvalue weighted by Crippen LogP contribution is -2.27. The van der Waals surface area contributed by atoms with Gasteiger partial charge in [0.1, 0.15) is 0 Å². The summed E-state index contributed by atoms with van der Waals surface area (Å²) in [6, 6.07) is 0. The van der Waals surface area contributed by atoms with E-state index in [9.17, 15) is 8.76 Å². The Hall–Kier alpha value is 0.0300. The van der Waals surface area contributed by atoms with Gasteiger partial charge in [-0.3, -0.25) is 4.21 Å². The van der Waals surface area contributed by atoms with Gasteiger partial charge in [0, 0.05) is 4.75 Å². The number of ether oxygens (including phenoxy) is 2. The maximum Gasteiger partial charge on any atom is 0.163 e. The highest BCUT2D eigenvalue weighted by Gasteiger charge is 2.48. The van der Waals surface area contributed by atoms with E-state index in [2.05, 4.69) is 0 Å². The van der Waals surface area contributed by atoms with E-state index in [4.69, 9.17) is 9.47 Å². The molecule has 2 atom stereocenters. The fourth-order valence-corrected chi connectivity index (χ4v) is 2.61. The molecule has 1 aliphatic carbocycles. The molecule has 1 aliphatic heterocycles. The minimum atomic E-state index is -1.97. The molecule has 1 heterocycles. The first kappa shape index (κ1) is 10.5. The summed E-state index contributed by atoms with van der Waals surface area (Å²) in [7, 11) is 0. The highest BCUT2D eigenvalue weighted by atomic mass is 32.2. The Balaban J connectivity index is 1.91. The highest BCUT2D eigenvalue weighted by molar-refractivity contribution is 7.81. The van der Waals surface area contributed by atoms with Crippen LogP contribution in [-0.4, -0.2) is 32.0 Å². The van der Waals surface area contributed by atoms with Crippen molar-refractivity contribution in [2.24, 2.45) is 0 Å². The van der Waals surface area contributed by atoms with Gasteiger partial charge >= 0.3 is 0 Å². The molecule has 1 unspecified atom stereocenters. The molecule has 2 rings (SSSR count). The summed E-state index contributed by atoms with van der Waals surface area (Å²) in [6.07, 6.45) is 2.05. The Kier molecular flexibility index (Phi) is 2.46. The van der Waals surface area contributed by atoms with Crippen LogP contribution in [0.25, 0.3) is 0 Å². The van der Waals surface area contributed by atoms with Crippen LogP contribution in [0.4, 0.5) is 0 Å². The molecular formula is C9H15O4S-. The third-order valence-electron chi connectivity index (χ3n) is 2.83. The SMILES string of the molecule is CC1(C)OC[C@H](CC2(S(=O)[O-])CC2)O1. The van der Waals surface area contributed by atoms with Crippen molar-refractivity contribution in [3.05, 3.63) is 0 Å². The molecule has 14 heavy (non-hydrogen) atoms. The van der Waals surface area contributed by atoms with Gasteiger partial charge in [0.25, 0.3) is 0 Å². The van der Waals surface area contributed by atoms with Crippen LogP contribution in [0.1, 0.15) is 33.1 Å². The first-order valence-corrected chi connectivity index (χ1v) is 5.92. The molecule has 0 aromatic heterocycles. The van der Waals surface area contributed by atoms with Gasteiger partial charge in [-0.05, 0) is 44.2 Å². The van der Waals surface area contributed by atoms with Crippen molar-refractivity contribution in [3.63, 3.8) is 0 Å². The van der Waals surface area contributed by atoms with E-state index in [-0.39, 0.29) is 6.10 Å². The average molecular weight is 219 g/mol. The molecule has 1 saturated heterocycles. The smallest absolute Gasteiger partial charge is 0.163 e. The van der Waals surface area contributed by atoms with Crippen molar-refractivity contribution in [2.75, 3.05) is 6.61 Å². The van der Waals surface area contributed by atoms with E-state index < -0.39 is 21.6 Å². The van der Waals surface area contributed by atoms with Crippen molar-refractivity contribution in [1.29, 1.82) is 0 Å². The zero-order valence-electron chi connectivity index (χ0n) is 8.45. The number of hydrogen-bond acceptors (Lipinski definition) is 4. The highest BCUT2D eigenvalue weighted by Crippen LogP contribution is 2.46. The van der Waals surface area contributed by atoms with Crippen LogP contribution in [0.2, 0.25) is 0 Å². The van der Waals surface area contributed by atoms with E-state index in [1.807, 2.05) is 13.8 Å². The Bertz CT molecular complexity index is 260.